The van der Waals surface area contributed by atoms with Crippen molar-refractivity contribution in [2.24, 2.45) is 0 Å². The molecule has 3 amide bonds. The van der Waals surface area contributed by atoms with Gasteiger partial charge in [-0.2, -0.15) is 4.31 Å². The number of amides is 3. The summed E-state index contributed by atoms with van der Waals surface area (Å²) in [5.74, 6) is -1.13. The zero-order valence-corrected chi connectivity index (χ0v) is 27.8. The van der Waals surface area contributed by atoms with Gasteiger partial charge < -0.3 is 10.1 Å². The number of rotatable bonds is 14. The van der Waals surface area contributed by atoms with E-state index in [0.717, 1.165) is 42.7 Å². The Labute approximate surface area is 269 Å². The van der Waals surface area contributed by atoms with Gasteiger partial charge in [0, 0.05) is 43.2 Å². The van der Waals surface area contributed by atoms with Crippen LogP contribution < -0.4 is 10.6 Å². The van der Waals surface area contributed by atoms with E-state index in [0.29, 0.717) is 37.6 Å². The lowest BCUT2D eigenvalue weighted by Gasteiger charge is -2.27. The molecule has 1 aromatic heterocycles. The van der Waals surface area contributed by atoms with Gasteiger partial charge in [-0.3, -0.25) is 19.8 Å². The van der Waals surface area contributed by atoms with Crippen molar-refractivity contribution in [1.29, 1.82) is 0 Å². The average Bonchev–Trinajstić information content (AvgIpc) is 3.38. The average molecular weight is 655 g/mol. The first-order valence-corrected chi connectivity index (χ1v) is 17.7. The Bertz CT molecular complexity index is 1560. The maximum Gasteiger partial charge on any atom is 0.414 e. The van der Waals surface area contributed by atoms with Crippen LogP contribution in [-0.4, -0.2) is 61.8 Å². The van der Waals surface area contributed by atoms with E-state index in [1.165, 1.54) is 45.5 Å². The van der Waals surface area contributed by atoms with Crippen LogP contribution in [-0.2, 0) is 34.3 Å². The smallest absolute Gasteiger partial charge is 0.414 e. The summed E-state index contributed by atoms with van der Waals surface area (Å²) in [7, 11) is -3.71. The van der Waals surface area contributed by atoms with Gasteiger partial charge in [0.05, 0.1) is 17.1 Å². The Hall–Kier alpha value is -3.58. The highest BCUT2D eigenvalue weighted by Gasteiger charge is 2.30. The van der Waals surface area contributed by atoms with Crippen molar-refractivity contribution in [1.82, 2.24) is 14.5 Å². The fraction of sp³-hybridized carbons (Fsp3) is 0.424. The summed E-state index contributed by atoms with van der Waals surface area (Å²) in [5.41, 5.74) is 2.46. The van der Waals surface area contributed by atoms with E-state index in [9.17, 15) is 22.8 Å². The predicted molar refractivity (Wildman–Crippen MR) is 176 cm³/mol. The van der Waals surface area contributed by atoms with Gasteiger partial charge in [0.15, 0.2) is 0 Å². The quantitative estimate of drug-likeness (QED) is 0.217. The van der Waals surface area contributed by atoms with Crippen molar-refractivity contribution in [2.45, 2.75) is 70.9 Å². The van der Waals surface area contributed by atoms with E-state index in [-0.39, 0.29) is 22.6 Å². The SMILES string of the molecule is CCCCN(CCCC)S(=O)(=O)c1ccc(C(=O)Nc2sc3c(c2C(=O)NC(=O)OCC)CCN(Cc2ccccc2)C3)cc1. The molecule has 0 saturated carbocycles. The van der Waals surface area contributed by atoms with Crippen molar-refractivity contribution >= 4 is 44.3 Å². The Kier molecular flexibility index (Phi) is 12.3. The molecule has 0 radical (unpaired) electrons. The minimum atomic E-state index is -3.71. The van der Waals surface area contributed by atoms with Crippen LogP contribution in [0.25, 0.3) is 0 Å². The number of fused-ring (bicyclic) bond motifs is 1. The predicted octanol–water partition coefficient (Wildman–Crippen LogP) is 6.04. The van der Waals surface area contributed by atoms with Crippen molar-refractivity contribution < 1.29 is 27.5 Å². The second-order valence-electron chi connectivity index (χ2n) is 10.9. The molecule has 4 rings (SSSR count). The third-order valence-corrected chi connectivity index (χ3v) is 10.7. The van der Waals surface area contributed by atoms with Crippen molar-refractivity contribution in [2.75, 3.05) is 31.6 Å². The number of thiophene rings is 1. The summed E-state index contributed by atoms with van der Waals surface area (Å²) < 4.78 is 33.2. The molecule has 2 aromatic carbocycles. The minimum absolute atomic E-state index is 0.111. The number of unbranched alkanes of at least 4 members (excludes halogenated alkanes) is 2. The summed E-state index contributed by atoms with van der Waals surface area (Å²) in [4.78, 5) is 42.2. The number of nitrogens with one attached hydrogen (secondary N) is 2. The van der Waals surface area contributed by atoms with Gasteiger partial charge in [0.1, 0.15) is 5.00 Å². The Morgan fingerprint density at radius 2 is 1.60 bits per heavy atom. The molecule has 45 heavy (non-hydrogen) atoms. The van der Waals surface area contributed by atoms with Gasteiger partial charge >= 0.3 is 6.09 Å². The second-order valence-corrected chi connectivity index (χ2v) is 14.0. The molecule has 0 bridgehead atoms. The van der Waals surface area contributed by atoms with Gasteiger partial charge in [-0.05, 0) is 61.6 Å². The molecule has 0 atom stereocenters. The second kappa shape index (κ2) is 16.1. The lowest BCUT2D eigenvalue weighted by atomic mass is 10.0. The van der Waals surface area contributed by atoms with Gasteiger partial charge in [0.25, 0.3) is 11.8 Å². The molecule has 242 valence electrons. The summed E-state index contributed by atoms with van der Waals surface area (Å²) in [6, 6.07) is 16.0. The van der Waals surface area contributed by atoms with Crippen LogP contribution in [0.5, 0.6) is 0 Å². The number of sulfonamides is 1. The number of anilines is 1. The molecule has 0 spiro atoms. The molecule has 2 heterocycles. The third-order valence-electron chi connectivity index (χ3n) is 7.61. The summed E-state index contributed by atoms with van der Waals surface area (Å²) >= 11 is 1.31. The maximum absolute atomic E-state index is 13.4. The Morgan fingerprint density at radius 3 is 2.22 bits per heavy atom. The van der Waals surface area contributed by atoms with Crippen LogP contribution in [0, 0.1) is 0 Å². The monoisotopic (exact) mass is 654 g/mol. The van der Waals surface area contributed by atoms with Gasteiger partial charge in [-0.1, -0.05) is 57.0 Å². The fourth-order valence-electron chi connectivity index (χ4n) is 5.21. The van der Waals surface area contributed by atoms with Crippen molar-refractivity contribution in [3.05, 3.63) is 81.7 Å². The summed E-state index contributed by atoms with van der Waals surface area (Å²) in [5, 5.41) is 5.46. The number of hydrogen-bond donors (Lipinski definition) is 2. The lowest BCUT2D eigenvalue weighted by Crippen LogP contribution is -2.34. The molecule has 12 heteroatoms. The van der Waals surface area contributed by atoms with Crippen LogP contribution in [0.15, 0.2) is 59.5 Å². The van der Waals surface area contributed by atoms with E-state index >= 15 is 0 Å². The summed E-state index contributed by atoms with van der Waals surface area (Å²) in [6.07, 6.45) is 3.01. The van der Waals surface area contributed by atoms with Gasteiger partial charge in [-0.25, -0.2) is 13.2 Å². The fourth-order valence-corrected chi connectivity index (χ4v) is 8.01. The first kappa shape index (κ1) is 34.3. The lowest BCUT2D eigenvalue weighted by molar-refractivity contribution is 0.0924. The first-order chi connectivity index (χ1) is 21.7. The number of carbonyl (C=O) groups excluding carboxylic acids is 3. The Balaban J connectivity index is 1.56. The number of hydrogen-bond acceptors (Lipinski definition) is 8. The number of carbonyl (C=O) groups is 3. The first-order valence-electron chi connectivity index (χ1n) is 15.5. The van der Waals surface area contributed by atoms with E-state index < -0.39 is 27.9 Å². The number of benzene rings is 2. The van der Waals surface area contributed by atoms with E-state index in [1.54, 1.807) is 6.92 Å². The zero-order chi connectivity index (χ0) is 32.4. The summed E-state index contributed by atoms with van der Waals surface area (Å²) in [6.45, 7) is 8.73. The van der Waals surface area contributed by atoms with Gasteiger partial charge in [-0.15, -0.1) is 11.3 Å². The van der Waals surface area contributed by atoms with Crippen molar-refractivity contribution in [3.63, 3.8) is 0 Å². The largest absolute Gasteiger partial charge is 0.450 e. The molecule has 1 aliphatic heterocycles. The van der Waals surface area contributed by atoms with E-state index in [2.05, 4.69) is 27.7 Å². The normalized spacial score (nSPS) is 13.3. The Morgan fingerprint density at radius 1 is 0.933 bits per heavy atom. The molecule has 0 unspecified atom stereocenters. The molecule has 0 saturated heterocycles. The standard InChI is InChI=1S/C33H42N4O6S2/c1-4-7-19-37(20-8-5-2)45(41,42)26-16-14-25(15-17-26)30(38)34-32-29(31(39)35-33(40)43-6-3)27-18-21-36(23-28(27)44-32)22-24-12-10-9-11-13-24/h9-17H,4-8,18-23H2,1-3H3,(H,34,38)(H,35,39,40). The topological polar surface area (TPSA) is 125 Å². The highest BCUT2D eigenvalue weighted by Crippen LogP contribution is 2.38. The van der Waals surface area contributed by atoms with Crippen LogP contribution in [0.4, 0.5) is 9.80 Å². The highest BCUT2D eigenvalue weighted by molar-refractivity contribution is 7.89. The molecule has 0 aliphatic carbocycles. The molecular formula is C33H42N4O6S2. The molecule has 1 aliphatic rings. The van der Waals surface area contributed by atoms with Gasteiger partial charge in [0.2, 0.25) is 10.0 Å². The number of alkyl carbamates (subject to hydrolysis) is 1. The molecule has 0 fully saturated rings. The van der Waals surface area contributed by atoms with E-state index in [1.807, 2.05) is 32.0 Å². The molecular weight excluding hydrogens is 613 g/mol. The van der Waals surface area contributed by atoms with Crippen LogP contribution >= 0.6 is 11.3 Å². The number of imide groups is 1. The molecule has 2 N–H and O–H groups in total. The number of ether oxygens (including phenoxy) is 1. The zero-order valence-electron chi connectivity index (χ0n) is 26.1. The minimum Gasteiger partial charge on any atom is -0.450 e. The van der Waals surface area contributed by atoms with Crippen LogP contribution in [0.3, 0.4) is 0 Å². The highest BCUT2D eigenvalue weighted by atomic mass is 32.2. The van der Waals surface area contributed by atoms with Crippen molar-refractivity contribution in [3.8, 4) is 0 Å². The maximum atomic E-state index is 13.4. The van der Waals surface area contributed by atoms with Crippen LogP contribution in [0.1, 0.15) is 83.2 Å². The van der Waals surface area contributed by atoms with Crippen LogP contribution in [0.2, 0.25) is 0 Å². The third kappa shape index (κ3) is 8.78. The van der Waals surface area contributed by atoms with E-state index in [4.69, 9.17) is 4.74 Å². The molecule has 10 nitrogen and oxygen atoms in total. The number of nitrogens with zero attached hydrogens (tertiary/aromatic N) is 2. The molecule has 3 aromatic rings.